The molecule has 0 radical (unpaired) electrons. The van der Waals surface area contributed by atoms with E-state index in [0.29, 0.717) is 5.92 Å². The van der Waals surface area contributed by atoms with E-state index in [9.17, 15) is 4.79 Å². The van der Waals surface area contributed by atoms with Gasteiger partial charge >= 0.3 is 0 Å². The Morgan fingerprint density at radius 2 is 2.21 bits per heavy atom. The summed E-state index contributed by atoms with van der Waals surface area (Å²) in [5.74, 6) is 0.655. The maximum Gasteiger partial charge on any atom is 0.250 e. The van der Waals surface area contributed by atoms with Gasteiger partial charge in [-0.25, -0.2) is 0 Å². The Bertz CT molecular complexity index is 317. The second kappa shape index (κ2) is 5.60. The van der Waals surface area contributed by atoms with E-state index >= 15 is 0 Å². The summed E-state index contributed by atoms with van der Waals surface area (Å²) >= 11 is 0. The Morgan fingerprint density at radius 3 is 2.86 bits per heavy atom. The third kappa shape index (κ3) is 3.75. The van der Waals surface area contributed by atoms with Gasteiger partial charge in [-0.2, -0.15) is 0 Å². The van der Waals surface area contributed by atoms with Crippen molar-refractivity contribution in [3.8, 4) is 0 Å². The van der Waals surface area contributed by atoms with Crippen molar-refractivity contribution in [2.45, 2.75) is 20.4 Å². The molecule has 0 aromatic carbocycles. The molecule has 14 heavy (non-hydrogen) atoms. The molecule has 1 aromatic heterocycles. The molecule has 1 aromatic rings. The number of nitrogens with zero attached hydrogens (tertiary/aromatic N) is 1. The Morgan fingerprint density at radius 1 is 1.43 bits per heavy atom. The minimum Gasteiger partial charge on any atom is -0.315 e. The highest BCUT2D eigenvalue weighted by Crippen LogP contribution is 1.87. The second-order valence-corrected chi connectivity index (χ2v) is 3.83. The van der Waals surface area contributed by atoms with Gasteiger partial charge in [0.25, 0.3) is 5.56 Å². The maximum atomic E-state index is 11.3. The number of hydrogen-bond donors (Lipinski definition) is 1. The Hall–Kier alpha value is -1.09. The molecule has 0 amide bonds. The highest BCUT2D eigenvalue weighted by molar-refractivity contribution is 4.93. The molecule has 0 saturated carbocycles. The lowest BCUT2D eigenvalue weighted by atomic mass is 10.2. The second-order valence-electron chi connectivity index (χ2n) is 3.83. The van der Waals surface area contributed by atoms with Gasteiger partial charge < -0.3 is 9.88 Å². The van der Waals surface area contributed by atoms with Gasteiger partial charge in [-0.05, 0) is 18.5 Å². The fourth-order valence-corrected chi connectivity index (χ4v) is 1.24. The van der Waals surface area contributed by atoms with Gasteiger partial charge in [-0.15, -0.1) is 0 Å². The lowest BCUT2D eigenvalue weighted by molar-refractivity contribution is 0.520. The van der Waals surface area contributed by atoms with E-state index < -0.39 is 0 Å². The highest BCUT2D eigenvalue weighted by Gasteiger charge is 1.94. The topological polar surface area (TPSA) is 34.0 Å². The van der Waals surface area contributed by atoms with E-state index in [1.165, 1.54) is 0 Å². The zero-order valence-electron chi connectivity index (χ0n) is 8.86. The van der Waals surface area contributed by atoms with Crippen LogP contribution in [0.25, 0.3) is 0 Å². The van der Waals surface area contributed by atoms with Crippen LogP contribution >= 0.6 is 0 Å². The Kier molecular flexibility index (Phi) is 4.40. The van der Waals surface area contributed by atoms with Gasteiger partial charge in [0.05, 0.1) is 0 Å². The van der Waals surface area contributed by atoms with E-state index in [-0.39, 0.29) is 5.56 Å². The molecule has 0 aliphatic carbocycles. The van der Waals surface area contributed by atoms with Crippen molar-refractivity contribution in [2.75, 3.05) is 13.1 Å². The lowest BCUT2D eigenvalue weighted by Crippen LogP contribution is -2.28. The summed E-state index contributed by atoms with van der Waals surface area (Å²) in [6.07, 6.45) is 1.82. The first kappa shape index (κ1) is 11.0. The Labute approximate surface area is 84.8 Å². The van der Waals surface area contributed by atoms with Crippen molar-refractivity contribution in [2.24, 2.45) is 5.92 Å². The van der Waals surface area contributed by atoms with E-state index in [0.717, 1.165) is 19.6 Å². The van der Waals surface area contributed by atoms with Crippen LogP contribution in [0.4, 0.5) is 0 Å². The lowest BCUT2D eigenvalue weighted by Gasteiger charge is -2.08. The third-order valence-electron chi connectivity index (χ3n) is 1.98. The smallest absolute Gasteiger partial charge is 0.250 e. The predicted octanol–water partition coefficient (Wildman–Crippen LogP) is 1.09. The molecule has 0 aliphatic rings. The summed E-state index contributed by atoms with van der Waals surface area (Å²) in [5.41, 5.74) is 0.0684. The van der Waals surface area contributed by atoms with Crippen LogP contribution in [0.5, 0.6) is 0 Å². The summed E-state index contributed by atoms with van der Waals surface area (Å²) in [7, 11) is 0. The molecule has 1 heterocycles. The fraction of sp³-hybridized carbons (Fsp3) is 0.545. The number of nitrogens with one attached hydrogen (secondary N) is 1. The van der Waals surface area contributed by atoms with Crippen molar-refractivity contribution >= 4 is 0 Å². The van der Waals surface area contributed by atoms with Crippen LogP contribution in [0.1, 0.15) is 13.8 Å². The van der Waals surface area contributed by atoms with Crippen LogP contribution in [-0.4, -0.2) is 17.7 Å². The Balaban J connectivity index is 2.32. The zero-order chi connectivity index (χ0) is 10.4. The molecule has 0 atom stereocenters. The number of aromatic nitrogens is 1. The molecular formula is C11H18N2O. The van der Waals surface area contributed by atoms with E-state index in [4.69, 9.17) is 0 Å². The van der Waals surface area contributed by atoms with Gasteiger partial charge in [0, 0.05) is 25.4 Å². The quantitative estimate of drug-likeness (QED) is 0.712. The molecule has 0 unspecified atom stereocenters. The summed E-state index contributed by atoms with van der Waals surface area (Å²) in [6.45, 7) is 6.93. The average molecular weight is 194 g/mol. The first-order valence-corrected chi connectivity index (χ1v) is 5.06. The van der Waals surface area contributed by atoms with Gasteiger partial charge in [0.2, 0.25) is 0 Å². The third-order valence-corrected chi connectivity index (χ3v) is 1.98. The minimum absolute atomic E-state index is 0.0684. The van der Waals surface area contributed by atoms with E-state index in [2.05, 4.69) is 19.2 Å². The molecule has 3 nitrogen and oxygen atoms in total. The van der Waals surface area contributed by atoms with Crippen molar-refractivity contribution < 1.29 is 0 Å². The molecule has 0 bridgehead atoms. The van der Waals surface area contributed by atoms with Gasteiger partial charge in [-0.1, -0.05) is 19.9 Å². The maximum absolute atomic E-state index is 11.3. The fourth-order valence-electron chi connectivity index (χ4n) is 1.24. The summed E-state index contributed by atoms with van der Waals surface area (Å²) in [5, 5.41) is 3.30. The molecular weight excluding hydrogens is 176 g/mol. The molecule has 1 N–H and O–H groups in total. The van der Waals surface area contributed by atoms with Crippen LogP contribution in [0.15, 0.2) is 29.2 Å². The number of hydrogen-bond acceptors (Lipinski definition) is 2. The number of pyridine rings is 1. The van der Waals surface area contributed by atoms with Gasteiger partial charge in [0.15, 0.2) is 0 Å². The predicted molar refractivity (Wildman–Crippen MR) is 58.4 cm³/mol. The highest BCUT2D eigenvalue weighted by atomic mass is 16.1. The molecule has 0 spiro atoms. The normalized spacial score (nSPS) is 10.8. The standard InChI is InChI=1S/C11H18N2O/c1-10(2)9-12-6-8-13-7-4-3-5-11(13)14/h3-5,7,10,12H,6,8-9H2,1-2H3. The molecule has 3 heteroatoms. The van der Waals surface area contributed by atoms with Crippen LogP contribution < -0.4 is 10.9 Å². The van der Waals surface area contributed by atoms with Crippen LogP contribution in [0.3, 0.4) is 0 Å². The van der Waals surface area contributed by atoms with E-state index in [1.807, 2.05) is 12.3 Å². The van der Waals surface area contributed by atoms with Gasteiger partial charge in [0.1, 0.15) is 0 Å². The van der Waals surface area contributed by atoms with Crippen LogP contribution in [0.2, 0.25) is 0 Å². The minimum atomic E-state index is 0.0684. The summed E-state index contributed by atoms with van der Waals surface area (Å²) < 4.78 is 1.72. The molecule has 1 rings (SSSR count). The first-order chi connectivity index (χ1) is 6.70. The molecule has 78 valence electrons. The van der Waals surface area contributed by atoms with Crippen molar-refractivity contribution in [3.63, 3.8) is 0 Å². The van der Waals surface area contributed by atoms with E-state index in [1.54, 1.807) is 16.7 Å². The molecule has 0 aliphatic heterocycles. The largest absolute Gasteiger partial charge is 0.315 e. The molecule has 0 saturated heterocycles. The first-order valence-electron chi connectivity index (χ1n) is 5.06. The van der Waals surface area contributed by atoms with Crippen LogP contribution in [0, 0.1) is 5.92 Å². The molecule has 0 fully saturated rings. The van der Waals surface area contributed by atoms with Gasteiger partial charge in [-0.3, -0.25) is 4.79 Å². The van der Waals surface area contributed by atoms with Crippen molar-refractivity contribution in [1.82, 2.24) is 9.88 Å². The van der Waals surface area contributed by atoms with Crippen LogP contribution in [-0.2, 0) is 6.54 Å². The monoisotopic (exact) mass is 194 g/mol. The van der Waals surface area contributed by atoms with Crippen molar-refractivity contribution in [3.05, 3.63) is 34.7 Å². The zero-order valence-corrected chi connectivity index (χ0v) is 8.86. The average Bonchev–Trinajstić information content (AvgIpc) is 2.15. The summed E-state index contributed by atoms with van der Waals surface area (Å²) in [6, 6.07) is 5.23. The summed E-state index contributed by atoms with van der Waals surface area (Å²) in [4.78, 5) is 11.3. The SMILES string of the molecule is CC(C)CNCCn1ccccc1=O. The number of rotatable bonds is 5. The van der Waals surface area contributed by atoms with Crippen molar-refractivity contribution in [1.29, 1.82) is 0 Å².